The third kappa shape index (κ3) is 5.35. The van der Waals surface area contributed by atoms with Crippen LogP contribution in [0.5, 0.6) is 0 Å². The summed E-state index contributed by atoms with van der Waals surface area (Å²) >= 11 is 0. The van der Waals surface area contributed by atoms with E-state index in [1.807, 2.05) is 12.1 Å². The molecule has 1 aromatic heterocycles. The lowest BCUT2D eigenvalue weighted by Gasteiger charge is -2.14. The third-order valence-corrected chi connectivity index (χ3v) is 3.65. The van der Waals surface area contributed by atoms with E-state index >= 15 is 0 Å². The number of benzene rings is 1. The van der Waals surface area contributed by atoms with Gasteiger partial charge in [0.05, 0.1) is 11.8 Å². The van der Waals surface area contributed by atoms with Gasteiger partial charge in [-0.05, 0) is 49.6 Å². The maximum Gasteiger partial charge on any atom is 0.435 e. The first-order chi connectivity index (χ1) is 11.3. The first-order valence-corrected chi connectivity index (χ1v) is 7.86. The summed E-state index contributed by atoms with van der Waals surface area (Å²) in [5, 5.41) is 16.2. The molecule has 0 spiro atoms. The lowest BCUT2D eigenvalue weighted by Crippen LogP contribution is -2.23. The van der Waals surface area contributed by atoms with E-state index in [1.54, 1.807) is 19.1 Å². The molecule has 1 aromatic carbocycles. The van der Waals surface area contributed by atoms with Crippen molar-refractivity contribution in [2.24, 2.45) is 5.92 Å². The van der Waals surface area contributed by atoms with Gasteiger partial charge in [-0.2, -0.15) is 18.3 Å². The van der Waals surface area contributed by atoms with Crippen molar-refractivity contribution in [1.82, 2.24) is 15.1 Å². The van der Waals surface area contributed by atoms with Gasteiger partial charge in [0.15, 0.2) is 5.69 Å². The minimum atomic E-state index is -4.43. The van der Waals surface area contributed by atoms with Crippen molar-refractivity contribution >= 4 is 0 Å². The highest BCUT2D eigenvalue weighted by Crippen LogP contribution is 2.27. The minimum Gasteiger partial charge on any atom is -0.393 e. The Hall–Kier alpha value is -1.86. The zero-order chi connectivity index (χ0) is 17.7. The van der Waals surface area contributed by atoms with E-state index in [9.17, 15) is 18.3 Å². The van der Waals surface area contributed by atoms with Crippen molar-refractivity contribution in [2.45, 2.75) is 39.1 Å². The highest BCUT2D eigenvalue weighted by atomic mass is 19.4. The minimum absolute atomic E-state index is 0.309. The SMILES string of the molecule is CC(O)CC(C)CNCc1ccc(-n2ccc(C(F)(F)F)n2)cc1. The number of aliphatic hydroxyl groups is 1. The Labute approximate surface area is 139 Å². The fourth-order valence-corrected chi connectivity index (χ4v) is 2.51. The zero-order valence-electron chi connectivity index (χ0n) is 13.7. The molecule has 1 heterocycles. The number of nitrogens with one attached hydrogen (secondary N) is 1. The van der Waals surface area contributed by atoms with E-state index in [1.165, 1.54) is 10.9 Å². The van der Waals surface area contributed by atoms with Crippen LogP contribution in [0.25, 0.3) is 5.69 Å². The molecule has 24 heavy (non-hydrogen) atoms. The van der Waals surface area contributed by atoms with Crippen molar-refractivity contribution in [3.05, 3.63) is 47.8 Å². The lowest BCUT2D eigenvalue weighted by atomic mass is 10.0. The van der Waals surface area contributed by atoms with Gasteiger partial charge in [0.1, 0.15) is 0 Å². The summed E-state index contributed by atoms with van der Waals surface area (Å²) in [6, 6.07) is 8.15. The predicted molar refractivity (Wildman–Crippen MR) is 85.7 cm³/mol. The summed E-state index contributed by atoms with van der Waals surface area (Å²) in [7, 11) is 0. The summed E-state index contributed by atoms with van der Waals surface area (Å²) in [4.78, 5) is 0. The number of hydrogen-bond donors (Lipinski definition) is 2. The standard InChI is InChI=1S/C17H22F3N3O/c1-12(9-13(2)24)10-21-11-14-3-5-15(6-4-14)23-8-7-16(22-23)17(18,19)20/h3-8,12-13,21,24H,9-11H2,1-2H3. The van der Waals surface area contributed by atoms with Crippen molar-refractivity contribution in [3.63, 3.8) is 0 Å². The Bertz CT molecular complexity index is 635. The summed E-state index contributed by atoms with van der Waals surface area (Å²) in [5.41, 5.74) is 0.711. The zero-order valence-corrected chi connectivity index (χ0v) is 13.7. The molecule has 0 radical (unpaired) electrons. The topological polar surface area (TPSA) is 50.1 Å². The highest BCUT2D eigenvalue weighted by Gasteiger charge is 2.33. The molecule has 2 rings (SSSR count). The van der Waals surface area contributed by atoms with Crippen LogP contribution >= 0.6 is 0 Å². The van der Waals surface area contributed by atoms with Gasteiger partial charge in [0.25, 0.3) is 0 Å². The van der Waals surface area contributed by atoms with E-state index in [-0.39, 0.29) is 6.10 Å². The molecular weight excluding hydrogens is 319 g/mol. The molecule has 0 amide bonds. The quantitative estimate of drug-likeness (QED) is 0.812. The van der Waals surface area contributed by atoms with E-state index in [0.29, 0.717) is 18.2 Å². The summed E-state index contributed by atoms with van der Waals surface area (Å²) in [5.74, 6) is 0.370. The van der Waals surface area contributed by atoms with Crippen LogP contribution in [0, 0.1) is 5.92 Å². The van der Waals surface area contributed by atoms with E-state index < -0.39 is 11.9 Å². The summed E-state index contributed by atoms with van der Waals surface area (Å²) in [6.07, 6.45) is -2.70. The molecule has 2 aromatic rings. The Morgan fingerprint density at radius 3 is 2.38 bits per heavy atom. The molecule has 2 N–H and O–H groups in total. The molecule has 2 unspecified atom stereocenters. The molecule has 0 fully saturated rings. The summed E-state index contributed by atoms with van der Waals surface area (Å²) < 4.78 is 38.9. The van der Waals surface area contributed by atoms with Crippen LogP contribution in [-0.2, 0) is 12.7 Å². The lowest BCUT2D eigenvalue weighted by molar-refractivity contribution is -0.141. The van der Waals surface area contributed by atoms with Crippen LogP contribution in [0.15, 0.2) is 36.5 Å². The van der Waals surface area contributed by atoms with E-state index in [2.05, 4.69) is 17.3 Å². The molecule has 0 bridgehead atoms. The molecule has 0 aliphatic heterocycles. The average Bonchev–Trinajstić information content (AvgIpc) is 2.97. The third-order valence-electron chi connectivity index (χ3n) is 3.65. The molecule has 0 aliphatic rings. The molecule has 0 saturated carbocycles. The number of hydrogen-bond acceptors (Lipinski definition) is 3. The molecular formula is C17H22F3N3O. The fourth-order valence-electron chi connectivity index (χ4n) is 2.51. The first kappa shape index (κ1) is 18.5. The van der Waals surface area contributed by atoms with Crippen LogP contribution in [0.3, 0.4) is 0 Å². The highest BCUT2D eigenvalue weighted by molar-refractivity contribution is 5.34. The van der Waals surface area contributed by atoms with Crippen LogP contribution in [0.1, 0.15) is 31.5 Å². The number of halogens is 3. The molecule has 132 valence electrons. The smallest absolute Gasteiger partial charge is 0.393 e. The molecule has 0 saturated heterocycles. The normalized spacial score (nSPS) is 14.6. The number of aromatic nitrogens is 2. The fraction of sp³-hybridized carbons (Fsp3) is 0.471. The van der Waals surface area contributed by atoms with Gasteiger partial charge in [-0.15, -0.1) is 0 Å². The monoisotopic (exact) mass is 341 g/mol. The van der Waals surface area contributed by atoms with E-state index in [0.717, 1.165) is 24.6 Å². The molecule has 4 nitrogen and oxygen atoms in total. The van der Waals surface area contributed by atoms with Gasteiger partial charge < -0.3 is 10.4 Å². The Morgan fingerprint density at radius 1 is 1.17 bits per heavy atom. The van der Waals surface area contributed by atoms with Crippen molar-refractivity contribution < 1.29 is 18.3 Å². The van der Waals surface area contributed by atoms with Gasteiger partial charge in [0, 0.05) is 12.7 Å². The average molecular weight is 341 g/mol. The number of nitrogens with zero attached hydrogens (tertiary/aromatic N) is 2. The van der Waals surface area contributed by atoms with Crippen LogP contribution in [0.4, 0.5) is 13.2 Å². The number of alkyl halides is 3. The van der Waals surface area contributed by atoms with Gasteiger partial charge in [-0.25, -0.2) is 4.68 Å². The van der Waals surface area contributed by atoms with Gasteiger partial charge in [-0.1, -0.05) is 19.1 Å². The van der Waals surface area contributed by atoms with Gasteiger partial charge in [-0.3, -0.25) is 0 Å². The second-order valence-corrected chi connectivity index (χ2v) is 6.13. The maximum atomic E-state index is 12.6. The van der Waals surface area contributed by atoms with Crippen LogP contribution in [0.2, 0.25) is 0 Å². The molecule has 7 heteroatoms. The Balaban J connectivity index is 1.90. The second kappa shape index (κ2) is 7.81. The van der Waals surface area contributed by atoms with E-state index in [4.69, 9.17) is 0 Å². The second-order valence-electron chi connectivity index (χ2n) is 6.13. The van der Waals surface area contributed by atoms with Crippen LogP contribution < -0.4 is 5.32 Å². The Kier molecular flexibility index (Phi) is 6.01. The molecule has 0 aliphatic carbocycles. The van der Waals surface area contributed by atoms with Gasteiger partial charge in [0.2, 0.25) is 0 Å². The maximum absolute atomic E-state index is 12.6. The van der Waals surface area contributed by atoms with Gasteiger partial charge >= 0.3 is 6.18 Å². The Morgan fingerprint density at radius 2 is 1.83 bits per heavy atom. The number of rotatable bonds is 7. The van der Waals surface area contributed by atoms with Crippen molar-refractivity contribution in [1.29, 1.82) is 0 Å². The van der Waals surface area contributed by atoms with Crippen LogP contribution in [-0.4, -0.2) is 27.5 Å². The van der Waals surface area contributed by atoms with Crippen molar-refractivity contribution in [3.8, 4) is 5.69 Å². The predicted octanol–water partition coefficient (Wildman–Crippen LogP) is 3.39. The van der Waals surface area contributed by atoms with Crippen molar-refractivity contribution in [2.75, 3.05) is 6.54 Å². The summed E-state index contributed by atoms with van der Waals surface area (Å²) in [6.45, 7) is 5.30. The largest absolute Gasteiger partial charge is 0.435 e. The first-order valence-electron chi connectivity index (χ1n) is 7.86. The number of aliphatic hydroxyl groups excluding tert-OH is 1. The molecule has 2 atom stereocenters.